The van der Waals surface area contributed by atoms with Gasteiger partial charge in [-0.2, -0.15) is 8.78 Å². The van der Waals surface area contributed by atoms with Gasteiger partial charge in [-0.05, 0) is 34.2 Å². The number of alkyl halides is 2. The topological polar surface area (TPSA) is 93.8 Å². The Morgan fingerprint density at radius 3 is 2.31 bits per heavy atom. The molecule has 180 valence electrons. The first-order valence-corrected chi connectivity index (χ1v) is 10.5. The summed E-state index contributed by atoms with van der Waals surface area (Å²) < 4.78 is 60.4. The average Bonchev–Trinajstić information content (AvgIpc) is 3.36. The molecular formula is C24H19F4N5O2. The third-order valence-electron chi connectivity index (χ3n) is 5.62. The molecule has 35 heavy (non-hydrogen) atoms. The number of hydrogen-bond donors (Lipinski definition) is 1. The summed E-state index contributed by atoms with van der Waals surface area (Å²) in [5, 5.41) is 21.4. The zero-order valence-electron chi connectivity index (χ0n) is 18.4. The van der Waals surface area contributed by atoms with E-state index in [2.05, 4.69) is 20.5 Å². The van der Waals surface area contributed by atoms with Gasteiger partial charge in [0, 0.05) is 35.4 Å². The van der Waals surface area contributed by atoms with Gasteiger partial charge in [0.25, 0.3) is 0 Å². The molecule has 2 aromatic carbocycles. The molecule has 2 aromatic heterocycles. The highest BCUT2D eigenvalue weighted by Crippen LogP contribution is 2.46. The third-order valence-corrected chi connectivity index (χ3v) is 5.62. The first-order chi connectivity index (χ1) is 16.7. The summed E-state index contributed by atoms with van der Waals surface area (Å²) in [4.78, 5) is 15.6. The third kappa shape index (κ3) is 4.54. The predicted molar refractivity (Wildman–Crippen MR) is 116 cm³/mol. The van der Waals surface area contributed by atoms with Crippen LogP contribution in [0.2, 0.25) is 0 Å². The number of benzene rings is 2. The molecule has 0 aliphatic carbocycles. The molecule has 0 aliphatic rings. The van der Waals surface area contributed by atoms with E-state index in [9.17, 15) is 18.7 Å². The van der Waals surface area contributed by atoms with Crippen molar-refractivity contribution < 1.29 is 27.5 Å². The van der Waals surface area contributed by atoms with Gasteiger partial charge in [-0.15, -0.1) is 5.10 Å². The summed E-state index contributed by atoms with van der Waals surface area (Å²) in [6.45, 7) is 0.809. The van der Waals surface area contributed by atoms with Crippen LogP contribution in [0.5, 0.6) is 0 Å². The van der Waals surface area contributed by atoms with Crippen molar-refractivity contribution in [1.82, 2.24) is 25.2 Å². The minimum Gasteiger partial charge on any atom is -0.377 e. The molecule has 0 aliphatic heterocycles. The average molecular weight is 485 g/mol. The number of halogens is 4. The maximum atomic E-state index is 15.8. The zero-order chi connectivity index (χ0) is 25.2. The maximum absolute atomic E-state index is 15.8. The van der Waals surface area contributed by atoms with Crippen LogP contribution >= 0.6 is 0 Å². The maximum Gasteiger partial charge on any atom is 0.323 e. The highest BCUT2D eigenvalue weighted by Gasteiger charge is 2.58. The quantitative estimate of drug-likeness (QED) is 0.296. The first-order valence-electron chi connectivity index (χ1n) is 10.5. The summed E-state index contributed by atoms with van der Waals surface area (Å²) in [5.41, 5.74) is -3.26. The lowest BCUT2D eigenvalue weighted by molar-refractivity contribution is -0.207. The van der Waals surface area contributed by atoms with E-state index in [-0.39, 0.29) is 5.78 Å². The lowest BCUT2D eigenvalue weighted by Crippen LogP contribution is -2.48. The van der Waals surface area contributed by atoms with Crippen LogP contribution in [0.3, 0.4) is 0 Å². The summed E-state index contributed by atoms with van der Waals surface area (Å²) in [6.07, 6.45) is 2.51. The van der Waals surface area contributed by atoms with Crippen LogP contribution in [0.25, 0.3) is 11.1 Å². The van der Waals surface area contributed by atoms with Gasteiger partial charge in [-0.25, -0.2) is 13.5 Å². The number of carbonyl (C=O) groups excluding carboxylic acids is 1. The van der Waals surface area contributed by atoms with E-state index >= 15 is 8.78 Å². The van der Waals surface area contributed by atoms with Crippen LogP contribution in [0, 0.1) is 11.6 Å². The Labute approximate surface area is 197 Å². The van der Waals surface area contributed by atoms with Gasteiger partial charge in [0.05, 0.1) is 6.54 Å². The fraction of sp³-hybridized carbons (Fsp3) is 0.208. The number of carbonyl (C=O) groups is 1. The van der Waals surface area contributed by atoms with Gasteiger partial charge >= 0.3 is 5.92 Å². The van der Waals surface area contributed by atoms with Crippen LogP contribution in [0.4, 0.5) is 17.6 Å². The molecular weight excluding hydrogens is 466 g/mol. The van der Waals surface area contributed by atoms with E-state index in [0.29, 0.717) is 29.2 Å². The smallest absolute Gasteiger partial charge is 0.323 e. The molecule has 1 N–H and O–H groups in total. The van der Waals surface area contributed by atoms with Crippen molar-refractivity contribution in [3.05, 3.63) is 95.6 Å². The van der Waals surface area contributed by atoms with Crippen molar-refractivity contribution in [2.75, 3.05) is 0 Å². The molecule has 0 bridgehead atoms. The minimum atomic E-state index is -4.15. The molecule has 1 atom stereocenters. The SMILES string of the molecule is CCC(=O)c1ccc(-c2ccc(C(F)(F)C(O)(Cn3cnnn3)c3ccc(F)cc3F)nc2)cc1. The van der Waals surface area contributed by atoms with Crippen LogP contribution < -0.4 is 0 Å². The van der Waals surface area contributed by atoms with Gasteiger partial charge in [-0.3, -0.25) is 9.78 Å². The molecule has 7 nitrogen and oxygen atoms in total. The molecule has 0 spiro atoms. The van der Waals surface area contributed by atoms with Gasteiger partial charge in [0.2, 0.25) is 0 Å². The van der Waals surface area contributed by atoms with Gasteiger partial charge in [-0.1, -0.05) is 37.3 Å². The molecule has 2 heterocycles. The van der Waals surface area contributed by atoms with Crippen LogP contribution in [-0.2, 0) is 18.1 Å². The normalized spacial score (nSPS) is 13.4. The Hall–Kier alpha value is -3.99. The van der Waals surface area contributed by atoms with Crippen LogP contribution in [0.15, 0.2) is 67.1 Å². The van der Waals surface area contributed by atoms with Crippen molar-refractivity contribution in [2.45, 2.75) is 31.4 Å². The molecule has 4 aromatic rings. The fourth-order valence-corrected chi connectivity index (χ4v) is 3.68. The van der Waals surface area contributed by atoms with E-state index in [1.54, 1.807) is 31.2 Å². The second kappa shape index (κ2) is 9.34. The summed E-state index contributed by atoms with van der Waals surface area (Å²) in [6, 6.07) is 10.9. The Bertz CT molecular complexity index is 1330. The number of pyridine rings is 1. The zero-order valence-corrected chi connectivity index (χ0v) is 18.4. The van der Waals surface area contributed by atoms with E-state index in [0.717, 1.165) is 29.2 Å². The lowest BCUT2D eigenvalue weighted by atomic mass is 9.84. The van der Waals surface area contributed by atoms with Crippen LogP contribution in [-0.4, -0.2) is 36.1 Å². The predicted octanol–water partition coefficient (Wildman–Crippen LogP) is 4.29. The molecule has 0 saturated heterocycles. The first kappa shape index (κ1) is 24.1. The Balaban J connectivity index is 1.72. The summed E-state index contributed by atoms with van der Waals surface area (Å²) in [5.74, 6) is -6.53. The van der Waals surface area contributed by atoms with Crippen molar-refractivity contribution in [3.8, 4) is 11.1 Å². The Morgan fingerprint density at radius 1 is 1.03 bits per heavy atom. The molecule has 0 amide bonds. The van der Waals surface area contributed by atoms with E-state index in [1.165, 1.54) is 12.3 Å². The van der Waals surface area contributed by atoms with Crippen molar-refractivity contribution >= 4 is 5.78 Å². The Morgan fingerprint density at radius 2 is 1.74 bits per heavy atom. The largest absolute Gasteiger partial charge is 0.377 e. The van der Waals surface area contributed by atoms with Gasteiger partial charge < -0.3 is 5.11 Å². The molecule has 4 rings (SSSR count). The monoisotopic (exact) mass is 485 g/mol. The highest BCUT2D eigenvalue weighted by molar-refractivity contribution is 5.96. The number of ketones is 1. The number of Topliss-reactive ketones (excluding diaryl/α,β-unsaturated/α-hetero) is 1. The van der Waals surface area contributed by atoms with Crippen molar-refractivity contribution in [3.63, 3.8) is 0 Å². The van der Waals surface area contributed by atoms with Crippen LogP contribution in [0.1, 0.15) is 35.0 Å². The highest BCUT2D eigenvalue weighted by atomic mass is 19.3. The molecule has 11 heteroatoms. The molecule has 0 radical (unpaired) electrons. The molecule has 0 fully saturated rings. The second-order valence-electron chi connectivity index (χ2n) is 7.85. The number of aromatic nitrogens is 5. The Kier molecular flexibility index (Phi) is 6.44. The minimum absolute atomic E-state index is 0.0282. The van der Waals surface area contributed by atoms with Crippen molar-refractivity contribution in [1.29, 1.82) is 0 Å². The molecule has 0 saturated carbocycles. The number of tetrazole rings is 1. The van der Waals surface area contributed by atoms with E-state index < -0.39 is 41.0 Å². The summed E-state index contributed by atoms with van der Waals surface area (Å²) >= 11 is 0. The number of hydrogen-bond acceptors (Lipinski definition) is 6. The van der Waals surface area contributed by atoms with Gasteiger partial charge in [0.15, 0.2) is 11.4 Å². The summed E-state index contributed by atoms with van der Waals surface area (Å²) in [7, 11) is 0. The number of rotatable bonds is 8. The number of nitrogens with zero attached hydrogens (tertiary/aromatic N) is 5. The van der Waals surface area contributed by atoms with Crippen molar-refractivity contribution in [2.24, 2.45) is 0 Å². The second-order valence-corrected chi connectivity index (χ2v) is 7.85. The number of aliphatic hydroxyl groups is 1. The molecule has 1 unspecified atom stereocenters. The van der Waals surface area contributed by atoms with E-state index in [4.69, 9.17) is 0 Å². The van der Waals surface area contributed by atoms with E-state index in [1.807, 2.05) is 0 Å². The standard InChI is InChI=1S/C24H19F4N5O2/c1-2-21(34)16-5-3-15(4-6-16)17-7-10-22(29-12-17)24(27,28)23(35,13-33-14-30-31-32-33)19-9-8-18(25)11-20(19)26/h3-12,14,35H,2,13H2,1H3. The fourth-order valence-electron chi connectivity index (χ4n) is 3.68. The van der Waals surface area contributed by atoms with Gasteiger partial charge in [0.1, 0.15) is 23.7 Å². The lowest BCUT2D eigenvalue weighted by Gasteiger charge is -2.35.